The summed E-state index contributed by atoms with van der Waals surface area (Å²) in [5, 5.41) is 3.31. The van der Waals surface area contributed by atoms with Crippen LogP contribution in [0, 0.1) is 5.92 Å². The van der Waals surface area contributed by atoms with E-state index in [1.54, 1.807) is 4.31 Å². The first kappa shape index (κ1) is 16.9. The Morgan fingerprint density at radius 2 is 1.95 bits per heavy atom. The average Bonchev–Trinajstić information content (AvgIpc) is 2.36. The largest absolute Gasteiger partial charge is 0.317 e. The van der Waals surface area contributed by atoms with E-state index in [4.69, 9.17) is 0 Å². The van der Waals surface area contributed by atoms with Gasteiger partial charge in [0.05, 0.1) is 5.75 Å². The molecule has 0 radical (unpaired) electrons. The minimum Gasteiger partial charge on any atom is -0.317 e. The molecule has 1 heterocycles. The molecule has 0 aromatic carbocycles. The Bertz CT molecular complexity index is 343. The first-order chi connectivity index (χ1) is 8.99. The first-order valence-corrected chi connectivity index (χ1v) is 9.30. The standard InChI is InChI=1S/C14H30N2O2S/c1-4-9-15-10-5-6-12-19(17,18)16-11-7-8-13(2)14(16)3/h13-15H,4-12H2,1-3H3. The summed E-state index contributed by atoms with van der Waals surface area (Å²) in [6.07, 6.45) is 4.98. The fourth-order valence-corrected chi connectivity index (χ4v) is 4.57. The van der Waals surface area contributed by atoms with Crippen LogP contribution in [-0.4, -0.2) is 44.2 Å². The summed E-state index contributed by atoms with van der Waals surface area (Å²) in [7, 11) is -3.05. The number of hydrogen-bond donors (Lipinski definition) is 1. The highest BCUT2D eigenvalue weighted by Crippen LogP contribution is 2.25. The second kappa shape index (κ2) is 8.22. The predicted octanol–water partition coefficient (Wildman–Crippen LogP) is 2.22. The molecular weight excluding hydrogens is 260 g/mol. The average molecular weight is 290 g/mol. The molecule has 0 amide bonds. The summed E-state index contributed by atoms with van der Waals surface area (Å²) in [6, 6.07) is 0.164. The van der Waals surface area contributed by atoms with E-state index in [1.165, 1.54) is 0 Å². The van der Waals surface area contributed by atoms with Crippen LogP contribution < -0.4 is 5.32 Å². The van der Waals surface area contributed by atoms with Crippen molar-refractivity contribution in [2.45, 2.75) is 58.9 Å². The monoisotopic (exact) mass is 290 g/mol. The van der Waals surface area contributed by atoms with E-state index < -0.39 is 10.0 Å². The summed E-state index contributed by atoms with van der Waals surface area (Å²) < 4.78 is 26.4. The van der Waals surface area contributed by atoms with Crippen molar-refractivity contribution in [2.75, 3.05) is 25.4 Å². The van der Waals surface area contributed by atoms with Gasteiger partial charge in [-0.25, -0.2) is 8.42 Å². The molecule has 0 aromatic rings. The lowest BCUT2D eigenvalue weighted by molar-refractivity contribution is 0.202. The lowest BCUT2D eigenvalue weighted by atomic mass is 9.94. The third-order valence-corrected chi connectivity index (χ3v) is 6.14. The molecule has 0 spiro atoms. The van der Waals surface area contributed by atoms with E-state index >= 15 is 0 Å². The van der Waals surface area contributed by atoms with Gasteiger partial charge in [-0.05, 0) is 58.0 Å². The van der Waals surface area contributed by atoms with Crippen molar-refractivity contribution < 1.29 is 8.42 Å². The van der Waals surface area contributed by atoms with Gasteiger partial charge in [-0.3, -0.25) is 0 Å². The SMILES string of the molecule is CCCNCCCCS(=O)(=O)N1CCCC(C)C1C. The maximum absolute atomic E-state index is 12.3. The fraction of sp³-hybridized carbons (Fsp3) is 1.00. The molecule has 1 aliphatic rings. The van der Waals surface area contributed by atoms with E-state index in [0.29, 0.717) is 18.2 Å². The third kappa shape index (κ3) is 5.40. The highest BCUT2D eigenvalue weighted by atomic mass is 32.2. The lowest BCUT2D eigenvalue weighted by Gasteiger charge is -2.36. The molecule has 1 aliphatic heterocycles. The third-order valence-electron chi connectivity index (χ3n) is 4.11. The van der Waals surface area contributed by atoms with Gasteiger partial charge in [0.1, 0.15) is 0 Å². The Hall–Kier alpha value is -0.130. The smallest absolute Gasteiger partial charge is 0.214 e. The second-order valence-electron chi connectivity index (χ2n) is 5.74. The van der Waals surface area contributed by atoms with Gasteiger partial charge in [0.25, 0.3) is 0 Å². The molecular formula is C14H30N2O2S. The summed E-state index contributed by atoms with van der Waals surface area (Å²) in [6.45, 7) is 8.99. The van der Waals surface area contributed by atoms with Crippen LogP contribution in [0.2, 0.25) is 0 Å². The number of nitrogens with one attached hydrogen (secondary N) is 1. The Morgan fingerprint density at radius 3 is 2.63 bits per heavy atom. The van der Waals surface area contributed by atoms with Crippen LogP contribution in [0.1, 0.15) is 52.9 Å². The summed E-state index contributed by atoms with van der Waals surface area (Å²) in [5.41, 5.74) is 0. The molecule has 1 rings (SSSR count). The van der Waals surface area contributed by atoms with Gasteiger partial charge in [0, 0.05) is 12.6 Å². The van der Waals surface area contributed by atoms with Gasteiger partial charge in [-0.1, -0.05) is 13.8 Å². The van der Waals surface area contributed by atoms with Crippen LogP contribution in [0.5, 0.6) is 0 Å². The molecule has 5 heteroatoms. The Kier molecular flexibility index (Phi) is 7.32. The molecule has 1 N–H and O–H groups in total. The van der Waals surface area contributed by atoms with Crippen molar-refractivity contribution in [2.24, 2.45) is 5.92 Å². The second-order valence-corrected chi connectivity index (χ2v) is 7.79. The van der Waals surface area contributed by atoms with Crippen LogP contribution in [0.25, 0.3) is 0 Å². The number of rotatable bonds is 8. The minimum atomic E-state index is -3.05. The molecule has 0 aromatic heterocycles. The molecule has 2 atom stereocenters. The van der Waals surface area contributed by atoms with Crippen LogP contribution in [0.4, 0.5) is 0 Å². The van der Waals surface area contributed by atoms with Gasteiger partial charge < -0.3 is 5.32 Å². The molecule has 19 heavy (non-hydrogen) atoms. The number of piperidine rings is 1. The number of hydrogen-bond acceptors (Lipinski definition) is 3. The van der Waals surface area contributed by atoms with Crippen LogP contribution in [0.3, 0.4) is 0 Å². The quantitative estimate of drug-likeness (QED) is 0.697. The predicted molar refractivity (Wildman–Crippen MR) is 80.7 cm³/mol. The Morgan fingerprint density at radius 1 is 1.21 bits per heavy atom. The topological polar surface area (TPSA) is 49.4 Å². The Balaban J connectivity index is 2.34. The summed E-state index contributed by atoms with van der Waals surface area (Å²) in [5.74, 6) is 0.785. The van der Waals surface area contributed by atoms with E-state index in [2.05, 4.69) is 19.2 Å². The van der Waals surface area contributed by atoms with E-state index in [9.17, 15) is 8.42 Å². The van der Waals surface area contributed by atoms with Crippen molar-refractivity contribution >= 4 is 10.0 Å². The van der Waals surface area contributed by atoms with Crippen LogP contribution in [-0.2, 0) is 10.0 Å². The van der Waals surface area contributed by atoms with E-state index in [1.807, 2.05) is 6.92 Å². The van der Waals surface area contributed by atoms with E-state index in [0.717, 1.165) is 45.2 Å². The molecule has 2 unspecified atom stereocenters. The molecule has 0 bridgehead atoms. The zero-order valence-electron chi connectivity index (χ0n) is 12.7. The number of nitrogens with zero attached hydrogens (tertiary/aromatic N) is 1. The van der Waals surface area contributed by atoms with Gasteiger partial charge >= 0.3 is 0 Å². The molecule has 4 nitrogen and oxygen atoms in total. The van der Waals surface area contributed by atoms with E-state index in [-0.39, 0.29) is 6.04 Å². The van der Waals surface area contributed by atoms with Gasteiger partial charge in [0.2, 0.25) is 10.0 Å². The Labute approximate surface area is 119 Å². The van der Waals surface area contributed by atoms with Gasteiger partial charge in [0.15, 0.2) is 0 Å². The number of unbranched alkanes of at least 4 members (excludes halogenated alkanes) is 1. The summed E-state index contributed by atoms with van der Waals surface area (Å²) >= 11 is 0. The van der Waals surface area contributed by atoms with Gasteiger partial charge in [-0.2, -0.15) is 4.31 Å². The molecule has 0 aliphatic carbocycles. The van der Waals surface area contributed by atoms with Gasteiger partial charge in [-0.15, -0.1) is 0 Å². The van der Waals surface area contributed by atoms with Crippen molar-refractivity contribution in [1.82, 2.24) is 9.62 Å². The molecule has 0 saturated carbocycles. The van der Waals surface area contributed by atoms with Crippen molar-refractivity contribution in [3.05, 3.63) is 0 Å². The summed E-state index contributed by atoms with van der Waals surface area (Å²) in [4.78, 5) is 0. The molecule has 1 saturated heterocycles. The van der Waals surface area contributed by atoms with Crippen LogP contribution >= 0.6 is 0 Å². The minimum absolute atomic E-state index is 0.164. The highest BCUT2D eigenvalue weighted by Gasteiger charge is 2.32. The highest BCUT2D eigenvalue weighted by molar-refractivity contribution is 7.89. The van der Waals surface area contributed by atoms with Crippen LogP contribution in [0.15, 0.2) is 0 Å². The molecule has 1 fully saturated rings. The maximum Gasteiger partial charge on any atom is 0.214 e. The number of sulfonamides is 1. The zero-order chi connectivity index (χ0) is 14.3. The molecule has 114 valence electrons. The van der Waals surface area contributed by atoms with Crippen molar-refractivity contribution in [1.29, 1.82) is 0 Å². The van der Waals surface area contributed by atoms with Crippen molar-refractivity contribution in [3.8, 4) is 0 Å². The fourth-order valence-electron chi connectivity index (χ4n) is 2.64. The van der Waals surface area contributed by atoms with Crippen molar-refractivity contribution in [3.63, 3.8) is 0 Å². The first-order valence-electron chi connectivity index (χ1n) is 7.69. The maximum atomic E-state index is 12.3. The zero-order valence-corrected chi connectivity index (χ0v) is 13.5. The normalized spacial score (nSPS) is 25.6. The lowest BCUT2D eigenvalue weighted by Crippen LogP contribution is -2.46.